The zero-order valence-electron chi connectivity index (χ0n) is 12.5. The van der Waals surface area contributed by atoms with E-state index < -0.39 is 5.76 Å². The van der Waals surface area contributed by atoms with Crippen molar-refractivity contribution in [2.24, 2.45) is 5.92 Å². The molecule has 8 nitrogen and oxygen atoms in total. The molecule has 1 fully saturated rings. The fourth-order valence-corrected chi connectivity index (χ4v) is 2.60. The monoisotopic (exact) mass is 316 g/mol. The molecular weight excluding hydrogens is 300 g/mol. The summed E-state index contributed by atoms with van der Waals surface area (Å²) in [6.45, 7) is 2.94. The zero-order chi connectivity index (χ0) is 16.4. The minimum absolute atomic E-state index is 0.00146. The third kappa shape index (κ3) is 3.15. The highest BCUT2D eigenvalue weighted by Gasteiger charge is 2.33. The largest absolute Gasteiger partial charge is 0.439 e. The summed E-state index contributed by atoms with van der Waals surface area (Å²) < 4.78 is 4.47. The Bertz CT molecular complexity index is 795. The van der Waals surface area contributed by atoms with Crippen LogP contribution in [0.4, 0.5) is 5.69 Å². The molecule has 1 aliphatic rings. The minimum atomic E-state index is -0.640. The van der Waals surface area contributed by atoms with E-state index in [-0.39, 0.29) is 24.2 Å². The number of hydrogen-bond acceptors (Lipinski definition) is 5. The number of likely N-dealkylation sites (tertiary alicyclic amines) is 1. The van der Waals surface area contributed by atoms with E-state index in [0.717, 1.165) is 0 Å². The Morgan fingerprint density at radius 3 is 2.96 bits per heavy atom. The Labute approximate surface area is 131 Å². The van der Waals surface area contributed by atoms with Gasteiger partial charge in [-0.25, -0.2) is 4.79 Å². The van der Waals surface area contributed by atoms with Crippen molar-refractivity contribution in [3.63, 3.8) is 0 Å². The molecule has 1 aromatic heterocycles. The average molecular weight is 316 g/mol. The van der Waals surface area contributed by atoms with E-state index in [0.29, 0.717) is 30.2 Å². The maximum absolute atomic E-state index is 12.3. The third-order valence-electron chi connectivity index (χ3n) is 3.81. The molecule has 2 N–H and O–H groups in total. The molecule has 1 aromatic carbocycles. The SMILES string of the molecule is CCN1CC(C(=O)Nc2cccc(-c3noc(=O)[nH]3)c2)CC1=O. The van der Waals surface area contributed by atoms with Gasteiger partial charge in [0.2, 0.25) is 11.8 Å². The van der Waals surface area contributed by atoms with Gasteiger partial charge in [-0.05, 0) is 19.1 Å². The second-order valence-electron chi connectivity index (χ2n) is 5.35. The number of amides is 2. The van der Waals surface area contributed by atoms with Crippen LogP contribution in [0.2, 0.25) is 0 Å². The molecule has 1 unspecified atom stereocenters. The molecule has 120 valence electrons. The summed E-state index contributed by atoms with van der Waals surface area (Å²) in [5, 5.41) is 6.41. The summed E-state index contributed by atoms with van der Waals surface area (Å²) in [4.78, 5) is 39.1. The van der Waals surface area contributed by atoms with Crippen molar-refractivity contribution in [2.75, 3.05) is 18.4 Å². The summed E-state index contributed by atoms with van der Waals surface area (Å²) in [5.74, 6) is -0.891. The summed E-state index contributed by atoms with van der Waals surface area (Å²) in [6.07, 6.45) is 0.232. The lowest BCUT2D eigenvalue weighted by atomic mass is 10.1. The molecule has 0 bridgehead atoms. The van der Waals surface area contributed by atoms with Crippen LogP contribution in [0.5, 0.6) is 0 Å². The fourth-order valence-electron chi connectivity index (χ4n) is 2.60. The summed E-state index contributed by atoms with van der Waals surface area (Å²) in [6, 6.07) is 6.88. The third-order valence-corrected chi connectivity index (χ3v) is 3.81. The van der Waals surface area contributed by atoms with Gasteiger partial charge in [0.05, 0.1) is 5.92 Å². The molecule has 0 saturated carbocycles. The lowest BCUT2D eigenvalue weighted by Crippen LogP contribution is -2.28. The van der Waals surface area contributed by atoms with Gasteiger partial charge < -0.3 is 10.2 Å². The van der Waals surface area contributed by atoms with E-state index >= 15 is 0 Å². The molecule has 0 radical (unpaired) electrons. The van der Waals surface area contributed by atoms with Crippen molar-refractivity contribution in [3.05, 3.63) is 34.8 Å². The van der Waals surface area contributed by atoms with E-state index in [1.54, 1.807) is 29.2 Å². The zero-order valence-corrected chi connectivity index (χ0v) is 12.5. The molecule has 0 spiro atoms. The van der Waals surface area contributed by atoms with Crippen LogP contribution in [0.25, 0.3) is 11.4 Å². The van der Waals surface area contributed by atoms with Gasteiger partial charge in [0.15, 0.2) is 5.82 Å². The predicted molar refractivity (Wildman–Crippen MR) is 81.6 cm³/mol. The first-order chi connectivity index (χ1) is 11.1. The van der Waals surface area contributed by atoms with Crippen LogP contribution >= 0.6 is 0 Å². The van der Waals surface area contributed by atoms with Crippen molar-refractivity contribution in [2.45, 2.75) is 13.3 Å². The van der Waals surface area contributed by atoms with Crippen LogP contribution in [0.3, 0.4) is 0 Å². The van der Waals surface area contributed by atoms with Gasteiger partial charge in [-0.1, -0.05) is 17.3 Å². The van der Waals surface area contributed by atoms with E-state index in [1.807, 2.05) is 6.92 Å². The van der Waals surface area contributed by atoms with Gasteiger partial charge in [0.1, 0.15) is 0 Å². The maximum Gasteiger partial charge on any atom is 0.439 e. The van der Waals surface area contributed by atoms with E-state index in [9.17, 15) is 14.4 Å². The number of benzene rings is 1. The standard InChI is InChI=1S/C15H16N4O4/c1-2-19-8-10(7-12(19)20)14(21)16-11-5-3-4-9(6-11)13-17-15(22)23-18-13/h3-6,10H,2,7-8H2,1H3,(H,16,21)(H,17,18,22). The van der Waals surface area contributed by atoms with E-state index in [4.69, 9.17) is 0 Å². The number of carbonyl (C=O) groups excluding carboxylic acids is 2. The number of rotatable bonds is 4. The Balaban J connectivity index is 1.72. The molecule has 1 atom stereocenters. The van der Waals surface area contributed by atoms with Gasteiger partial charge in [-0.15, -0.1) is 0 Å². The number of aromatic nitrogens is 2. The van der Waals surface area contributed by atoms with Crippen molar-refractivity contribution >= 4 is 17.5 Å². The van der Waals surface area contributed by atoms with Crippen LogP contribution in [0.15, 0.2) is 33.6 Å². The summed E-state index contributed by atoms with van der Waals surface area (Å²) >= 11 is 0. The number of nitrogens with zero attached hydrogens (tertiary/aromatic N) is 2. The molecular formula is C15H16N4O4. The molecule has 2 heterocycles. The second kappa shape index (κ2) is 6.07. The van der Waals surface area contributed by atoms with Crippen molar-refractivity contribution < 1.29 is 14.1 Å². The molecule has 2 aromatic rings. The van der Waals surface area contributed by atoms with Crippen molar-refractivity contribution in [1.82, 2.24) is 15.0 Å². The van der Waals surface area contributed by atoms with Gasteiger partial charge in [-0.2, -0.15) is 0 Å². The molecule has 1 aliphatic heterocycles. The van der Waals surface area contributed by atoms with Crippen LogP contribution < -0.4 is 11.1 Å². The first-order valence-corrected chi connectivity index (χ1v) is 7.32. The van der Waals surface area contributed by atoms with Crippen LogP contribution in [0.1, 0.15) is 13.3 Å². The lowest BCUT2D eigenvalue weighted by molar-refractivity contribution is -0.128. The summed E-state index contributed by atoms with van der Waals surface area (Å²) in [5.41, 5.74) is 1.19. The van der Waals surface area contributed by atoms with E-state index in [2.05, 4.69) is 20.0 Å². The van der Waals surface area contributed by atoms with Crippen molar-refractivity contribution in [3.8, 4) is 11.4 Å². The number of anilines is 1. The lowest BCUT2D eigenvalue weighted by Gasteiger charge is -2.13. The Kier molecular flexibility index (Phi) is 3.96. The molecule has 0 aliphatic carbocycles. The number of hydrogen-bond donors (Lipinski definition) is 2. The average Bonchev–Trinajstić information content (AvgIpc) is 3.13. The highest BCUT2D eigenvalue weighted by Crippen LogP contribution is 2.22. The normalized spacial score (nSPS) is 17.5. The Morgan fingerprint density at radius 1 is 1.48 bits per heavy atom. The van der Waals surface area contributed by atoms with Gasteiger partial charge >= 0.3 is 5.76 Å². The number of aromatic amines is 1. The quantitative estimate of drug-likeness (QED) is 0.869. The topological polar surface area (TPSA) is 108 Å². The Morgan fingerprint density at radius 2 is 2.30 bits per heavy atom. The molecule has 3 rings (SSSR count). The molecule has 1 saturated heterocycles. The predicted octanol–water partition coefficient (Wildman–Crippen LogP) is 0.837. The molecule has 8 heteroatoms. The Hall–Kier alpha value is -2.90. The van der Waals surface area contributed by atoms with Crippen LogP contribution in [0, 0.1) is 5.92 Å². The number of H-pyrrole nitrogens is 1. The fraction of sp³-hybridized carbons (Fsp3) is 0.333. The molecule has 23 heavy (non-hydrogen) atoms. The highest BCUT2D eigenvalue weighted by atomic mass is 16.5. The van der Waals surface area contributed by atoms with Crippen LogP contribution in [-0.4, -0.2) is 39.9 Å². The first-order valence-electron chi connectivity index (χ1n) is 7.32. The second-order valence-corrected chi connectivity index (χ2v) is 5.35. The first kappa shape index (κ1) is 15.0. The summed E-state index contributed by atoms with van der Waals surface area (Å²) in [7, 11) is 0. The highest BCUT2D eigenvalue weighted by molar-refractivity contribution is 5.97. The van der Waals surface area contributed by atoms with E-state index in [1.165, 1.54) is 0 Å². The molecule has 2 amide bonds. The van der Waals surface area contributed by atoms with Gasteiger partial charge in [-0.3, -0.25) is 19.1 Å². The maximum atomic E-state index is 12.3. The van der Waals surface area contributed by atoms with Gasteiger partial charge in [0.25, 0.3) is 0 Å². The van der Waals surface area contributed by atoms with Crippen LogP contribution in [-0.2, 0) is 9.59 Å². The number of carbonyl (C=O) groups is 2. The smallest absolute Gasteiger partial charge is 0.342 e. The van der Waals surface area contributed by atoms with Gasteiger partial charge in [0, 0.05) is 30.8 Å². The number of nitrogens with one attached hydrogen (secondary N) is 2. The van der Waals surface area contributed by atoms with Crippen molar-refractivity contribution in [1.29, 1.82) is 0 Å². The minimum Gasteiger partial charge on any atom is -0.342 e.